The molecule has 8 nitrogen and oxygen atoms in total. The molecule has 0 spiro atoms. The summed E-state index contributed by atoms with van der Waals surface area (Å²) in [5, 5.41) is 5.79. The number of rotatable bonds is 9. The molecule has 0 saturated carbocycles. The Kier molecular flexibility index (Phi) is 7.95. The van der Waals surface area contributed by atoms with Gasteiger partial charge in [-0.2, -0.15) is 0 Å². The quantitative estimate of drug-likeness (QED) is 0.466. The van der Waals surface area contributed by atoms with E-state index in [9.17, 15) is 14.4 Å². The lowest BCUT2D eigenvalue weighted by Gasteiger charge is -2.24. The monoisotopic (exact) mass is 486 g/mol. The van der Waals surface area contributed by atoms with E-state index in [0.29, 0.717) is 23.4 Å². The number of cyclic esters (lactones) is 1. The van der Waals surface area contributed by atoms with Crippen LogP contribution in [0.15, 0.2) is 79.0 Å². The van der Waals surface area contributed by atoms with Gasteiger partial charge >= 0.3 is 6.09 Å². The predicted octanol–water partition coefficient (Wildman–Crippen LogP) is 4.44. The van der Waals surface area contributed by atoms with Gasteiger partial charge in [-0.3, -0.25) is 19.5 Å². The minimum Gasteiger partial charge on any atom is -0.438 e. The fraction of sp³-hybridized carbons (Fsp3) is 0.286. The molecule has 1 aliphatic heterocycles. The summed E-state index contributed by atoms with van der Waals surface area (Å²) in [7, 11) is 0. The average Bonchev–Trinajstić information content (AvgIpc) is 3.19. The van der Waals surface area contributed by atoms with Crippen LogP contribution in [0.5, 0.6) is 0 Å². The third kappa shape index (κ3) is 6.27. The highest BCUT2D eigenvalue weighted by Crippen LogP contribution is 2.35. The molecule has 0 aliphatic carbocycles. The summed E-state index contributed by atoms with van der Waals surface area (Å²) in [4.78, 5) is 44.4. The fourth-order valence-electron chi connectivity index (χ4n) is 4.15. The second kappa shape index (κ2) is 11.5. The SMILES string of the molecule is CC(C)CC(=O)Nc1cccc(C2OC(=O)N(Cc3ccccc3)C2C(=O)NCc2ccccn2)c1. The molecule has 2 N–H and O–H groups in total. The number of aromatic nitrogens is 1. The lowest BCUT2D eigenvalue weighted by atomic mass is 10.00. The van der Waals surface area contributed by atoms with Crippen molar-refractivity contribution in [2.45, 2.75) is 45.5 Å². The molecule has 2 atom stereocenters. The van der Waals surface area contributed by atoms with Crippen molar-refractivity contribution in [1.29, 1.82) is 0 Å². The summed E-state index contributed by atoms with van der Waals surface area (Å²) in [6.45, 7) is 4.40. The molecule has 2 unspecified atom stereocenters. The van der Waals surface area contributed by atoms with Gasteiger partial charge in [-0.25, -0.2) is 4.79 Å². The van der Waals surface area contributed by atoms with Gasteiger partial charge < -0.3 is 15.4 Å². The summed E-state index contributed by atoms with van der Waals surface area (Å²) >= 11 is 0. The molecule has 1 fully saturated rings. The van der Waals surface area contributed by atoms with Gasteiger partial charge in [0.15, 0.2) is 12.1 Å². The normalized spacial score (nSPS) is 17.1. The number of anilines is 1. The Morgan fingerprint density at radius 2 is 1.81 bits per heavy atom. The van der Waals surface area contributed by atoms with Crippen molar-refractivity contribution in [3.8, 4) is 0 Å². The molecule has 36 heavy (non-hydrogen) atoms. The van der Waals surface area contributed by atoms with Crippen LogP contribution in [-0.4, -0.2) is 33.8 Å². The first-order chi connectivity index (χ1) is 17.4. The van der Waals surface area contributed by atoms with Crippen LogP contribution in [0.1, 0.15) is 43.2 Å². The van der Waals surface area contributed by atoms with Gasteiger partial charge in [-0.15, -0.1) is 0 Å². The molecule has 4 rings (SSSR count). The number of ether oxygens (including phenoxy) is 1. The zero-order chi connectivity index (χ0) is 25.5. The highest BCUT2D eigenvalue weighted by molar-refractivity contribution is 5.91. The standard InChI is InChI=1S/C28H30N4O4/c1-19(2)15-24(33)31-22-13-8-11-21(16-22)26-25(27(34)30-17-23-12-6-7-14-29-23)32(28(35)36-26)18-20-9-4-3-5-10-20/h3-14,16,19,25-26H,15,17-18H2,1-2H3,(H,30,34)(H,31,33). The maximum atomic E-state index is 13.5. The van der Waals surface area contributed by atoms with E-state index in [2.05, 4.69) is 15.6 Å². The first-order valence-electron chi connectivity index (χ1n) is 12.0. The number of amides is 3. The van der Waals surface area contributed by atoms with E-state index < -0.39 is 18.2 Å². The third-order valence-electron chi connectivity index (χ3n) is 5.81. The Morgan fingerprint density at radius 1 is 1.03 bits per heavy atom. The molecule has 0 radical (unpaired) electrons. The fourth-order valence-corrected chi connectivity index (χ4v) is 4.15. The zero-order valence-electron chi connectivity index (χ0n) is 20.4. The minimum absolute atomic E-state index is 0.0964. The van der Waals surface area contributed by atoms with E-state index in [4.69, 9.17) is 4.74 Å². The molecule has 186 valence electrons. The molecular weight excluding hydrogens is 456 g/mol. The minimum atomic E-state index is -0.900. The molecule has 8 heteroatoms. The molecule has 1 aliphatic rings. The first kappa shape index (κ1) is 24.9. The van der Waals surface area contributed by atoms with Crippen LogP contribution in [0.4, 0.5) is 10.5 Å². The first-order valence-corrected chi connectivity index (χ1v) is 12.0. The van der Waals surface area contributed by atoms with Gasteiger partial charge in [0.1, 0.15) is 0 Å². The Hall–Kier alpha value is -4.20. The van der Waals surface area contributed by atoms with Gasteiger partial charge in [-0.05, 0) is 41.3 Å². The molecule has 1 aromatic heterocycles. The number of hydrogen-bond donors (Lipinski definition) is 2. The number of nitrogens with one attached hydrogen (secondary N) is 2. The Bertz CT molecular complexity index is 1200. The van der Waals surface area contributed by atoms with Gasteiger partial charge in [-0.1, -0.05) is 62.4 Å². The van der Waals surface area contributed by atoms with E-state index in [0.717, 1.165) is 5.56 Å². The summed E-state index contributed by atoms with van der Waals surface area (Å²) in [5.41, 5.74) is 2.80. The highest BCUT2D eigenvalue weighted by atomic mass is 16.6. The van der Waals surface area contributed by atoms with Crippen molar-refractivity contribution in [3.63, 3.8) is 0 Å². The number of pyridine rings is 1. The number of carbonyl (C=O) groups is 3. The number of benzene rings is 2. The molecule has 0 bridgehead atoms. The Labute approximate surface area is 210 Å². The van der Waals surface area contributed by atoms with Crippen LogP contribution in [-0.2, 0) is 27.4 Å². The Balaban J connectivity index is 1.59. The third-order valence-corrected chi connectivity index (χ3v) is 5.81. The van der Waals surface area contributed by atoms with Crippen molar-refractivity contribution >= 4 is 23.6 Å². The molecule has 3 amide bonds. The average molecular weight is 487 g/mol. The van der Waals surface area contributed by atoms with Crippen LogP contribution in [0.25, 0.3) is 0 Å². The molecule has 3 aromatic rings. The van der Waals surface area contributed by atoms with Gasteiger partial charge in [0, 0.05) is 18.3 Å². The topological polar surface area (TPSA) is 101 Å². The lowest BCUT2D eigenvalue weighted by molar-refractivity contribution is -0.126. The number of carbonyl (C=O) groups excluding carboxylic acids is 3. The molecule has 1 saturated heterocycles. The number of hydrogen-bond acceptors (Lipinski definition) is 5. The highest BCUT2D eigenvalue weighted by Gasteiger charge is 2.47. The van der Waals surface area contributed by atoms with Gasteiger partial charge in [0.25, 0.3) is 0 Å². The second-order valence-electron chi connectivity index (χ2n) is 9.17. The van der Waals surface area contributed by atoms with Gasteiger partial charge in [0.05, 0.1) is 18.8 Å². The Morgan fingerprint density at radius 3 is 2.53 bits per heavy atom. The van der Waals surface area contributed by atoms with E-state index in [1.54, 1.807) is 36.5 Å². The molecular formula is C28H30N4O4. The molecule has 2 aromatic carbocycles. The summed E-state index contributed by atoms with van der Waals surface area (Å²) in [6.07, 6.45) is 0.641. The summed E-state index contributed by atoms with van der Waals surface area (Å²) in [5.74, 6) is -0.217. The van der Waals surface area contributed by atoms with E-state index in [1.807, 2.05) is 56.3 Å². The summed E-state index contributed by atoms with van der Waals surface area (Å²) < 4.78 is 5.74. The van der Waals surface area contributed by atoms with Gasteiger partial charge in [0.2, 0.25) is 11.8 Å². The van der Waals surface area contributed by atoms with E-state index in [1.165, 1.54) is 4.90 Å². The largest absolute Gasteiger partial charge is 0.438 e. The second-order valence-corrected chi connectivity index (χ2v) is 9.17. The zero-order valence-corrected chi connectivity index (χ0v) is 20.4. The predicted molar refractivity (Wildman–Crippen MR) is 136 cm³/mol. The van der Waals surface area contributed by atoms with Crippen LogP contribution < -0.4 is 10.6 Å². The van der Waals surface area contributed by atoms with Crippen molar-refractivity contribution in [1.82, 2.24) is 15.2 Å². The van der Waals surface area contributed by atoms with Crippen LogP contribution in [0.2, 0.25) is 0 Å². The maximum absolute atomic E-state index is 13.5. The van der Waals surface area contributed by atoms with Crippen molar-refractivity contribution in [2.75, 3.05) is 5.32 Å². The van der Waals surface area contributed by atoms with Crippen LogP contribution in [0, 0.1) is 5.92 Å². The summed E-state index contributed by atoms with van der Waals surface area (Å²) in [6, 6.07) is 21.1. The van der Waals surface area contributed by atoms with Crippen molar-refractivity contribution in [3.05, 3.63) is 95.8 Å². The van der Waals surface area contributed by atoms with Crippen molar-refractivity contribution < 1.29 is 19.1 Å². The smallest absolute Gasteiger partial charge is 0.411 e. The number of nitrogens with zero attached hydrogens (tertiary/aromatic N) is 2. The van der Waals surface area contributed by atoms with E-state index in [-0.39, 0.29) is 30.8 Å². The van der Waals surface area contributed by atoms with E-state index >= 15 is 0 Å². The van der Waals surface area contributed by atoms with Crippen LogP contribution >= 0.6 is 0 Å². The maximum Gasteiger partial charge on any atom is 0.411 e. The van der Waals surface area contributed by atoms with Crippen molar-refractivity contribution in [2.24, 2.45) is 5.92 Å². The molecule has 2 heterocycles. The lowest BCUT2D eigenvalue weighted by Crippen LogP contribution is -2.46. The van der Waals surface area contributed by atoms with Crippen LogP contribution in [0.3, 0.4) is 0 Å².